The van der Waals surface area contributed by atoms with E-state index in [9.17, 15) is 0 Å². The first-order chi connectivity index (χ1) is 6.66. The van der Waals surface area contributed by atoms with Gasteiger partial charge in [-0.15, -0.1) is 4.52 Å². The summed E-state index contributed by atoms with van der Waals surface area (Å²) < 4.78 is 8.20. The van der Waals surface area contributed by atoms with Gasteiger partial charge in [0.15, 0.2) is 0 Å². The molecule has 15 heavy (non-hydrogen) atoms. The molecule has 0 aliphatic heterocycles. The topological polar surface area (TPSA) is 147 Å². The second-order valence-electron chi connectivity index (χ2n) is 2.68. The van der Waals surface area contributed by atoms with E-state index >= 15 is 0 Å². The minimum absolute atomic E-state index is 0.192. The summed E-state index contributed by atoms with van der Waals surface area (Å²) in [6.07, 6.45) is 1.52. The van der Waals surface area contributed by atoms with Crippen molar-refractivity contribution in [1.29, 1.82) is 0 Å². The molecule has 0 amide bonds. The van der Waals surface area contributed by atoms with Gasteiger partial charge in [-0.1, -0.05) is 0 Å². The molecular formula is C5H16NO7P2+3. The Balaban J connectivity index is 4.05. The lowest BCUT2D eigenvalue weighted by Gasteiger charge is -2.05. The second kappa shape index (κ2) is 6.12. The maximum absolute atomic E-state index is 8.96. The number of hydrogen-bond acceptors (Lipinski definition) is 7. The molecule has 0 saturated carbocycles. The smallest absolute Gasteiger partial charge is 0.354 e. The first-order valence-corrected chi connectivity index (χ1v) is 6.98. The zero-order valence-electron chi connectivity index (χ0n) is 8.15. The molecule has 8 nitrogen and oxygen atoms in total. The zero-order chi connectivity index (χ0) is 12.1. The molecule has 10 heteroatoms. The summed E-state index contributed by atoms with van der Waals surface area (Å²) in [5.41, 5.74) is 4.43. The lowest BCUT2D eigenvalue weighted by atomic mass is 10.3. The molecule has 0 saturated heterocycles. The van der Waals surface area contributed by atoms with Gasteiger partial charge < -0.3 is 5.73 Å². The standard InChI is InChI=1S/C5H15NO7P2/c1-5(4-6)2-3-12-15(10,11)13-14(7,8)9/h2,7-11H,3-4,6H2,1H3/q+2/p+1/b5-2+. The number of hydrogen-bond donors (Lipinski definition) is 6. The highest BCUT2D eigenvalue weighted by atomic mass is 31.3. The van der Waals surface area contributed by atoms with E-state index in [1.54, 1.807) is 6.92 Å². The van der Waals surface area contributed by atoms with Crippen LogP contribution in [0, 0.1) is 0 Å². The molecule has 0 spiro atoms. The molecule has 0 radical (unpaired) electrons. The normalized spacial score (nSPS) is 14.5. The van der Waals surface area contributed by atoms with Crippen molar-refractivity contribution in [1.82, 2.24) is 0 Å². The Morgan fingerprint density at radius 1 is 1.27 bits per heavy atom. The molecule has 0 aromatic heterocycles. The van der Waals surface area contributed by atoms with Crippen molar-refractivity contribution < 1.29 is 39.0 Å². The van der Waals surface area contributed by atoms with E-state index in [0.717, 1.165) is 5.57 Å². The van der Waals surface area contributed by atoms with E-state index < -0.39 is 16.3 Å². The van der Waals surface area contributed by atoms with Crippen molar-refractivity contribution in [2.24, 2.45) is 0 Å². The van der Waals surface area contributed by atoms with Gasteiger partial charge in [-0.3, -0.25) is 0 Å². The summed E-state index contributed by atoms with van der Waals surface area (Å²) in [6.45, 7) is 2.10. The van der Waals surface area contributed by atoms with Crippen LogP contribution < -0.4 is 5.73 Å². The van der Waals surface area contributed by atoms with E-state index in [1.165, 1.54) is 6.08 Å². The van der Waals surface area contributed by atoms with Gasteiger partial charge in [0.25, 0.3) is 0 Å². The Kier molecular flexibility index (Phi) is 6.24. The van der Waals surface area contributed by atoms with Crippen molar-refractivity contribution in [3.05, 3.63) is 11.6 Å². The Morgan fingerprint density at radius 2 is 1.80 bits per heavy atom. The fraction of sp³-hybridized carbons (Fsp3) is 0.600. The van der Waals surface area contributed by atoms with Crippen LogP contribution >= 0.6 is 16.3 Å². The number of rotatable bonds is 6. The van der Waals surface area contributed by atoms with Crippen molar-refractivity contribution in [3.63, 3.8) is 0 Å². The van der Waals surface area contributed by atoms with Crippen LogP contribution in [0.25, 0.3) is 0 Å². The molecular weight excluding hydrogens is 248 g/mol. The summed E-state index contributed by atoms with van der Waals surface area (Å²) in [4.78, 5) is 43.2. The molecule has 0 fully saturated rings. The predicted molar refractivity (Wildman–Crippen MR) is 53.5 cm³/mol. The summed E-state index contributed by atoms with van der Waals surface area (Å²) in [7, 11) is -9.11. The van der Waals surface area contributed by atoms with Crippen LogP contribution in [0.1, 0.15) is 6.92 Å². The summed E-state index contributed by atoms with van der Waals surface area (Å²) in [5, 5.41) is 0. The van der Waals surface area contributed by atoms with Crippen LogP contribution in [0.15, 0.2) is 11.6 Å². The van der Waals surface area contributed by atoms with E-state index in [2.05, 4.69) is 14.6 Å². The van der Waals surface area contributed by atoms with Crippen LogP contribution in [0.3, 0.4) is 0 Å². The Labute approximate surface area is 87.9 Å². The summed E-state index contributed by atoms with van der Waals surface area (Å²) in [5.74, 6) is 0. The Morgan fingerprint density at radius 3 is 2.20 bits per heavy atom. The first kappa shape index (κ1) is 15.3. The fourth-order valence-electron chi connectivity index (χ4n) is 0.545. The molecule has 90 valence electrons. The van der Waals surface area contributed by atoms with Gasteiger partial charge >= 0.3 is 16.3 Å². The highest BCUT2D eigenvalue weighted by Crippen LogP contribution is 2.67. The van der Waals surface area contributed by atoms with Crippen LogP contribution in [0.4, 0.5) is 0 Å². The van der Waals surface area contributed by atoms with Crippen LogP contribution in [-0.2, 0) is 8.83 Å². The minimum atomic E-state index is -4.72. The fourth-order valence-corrected chi connectivity index (χ4v) is 2.14. The van der Waals surface area contributed by atoms with Crippen molar-refractivity contribution >= 4 is 16.3 Å². The second-order valence-corrected chi connectivity index (χ2v) is 5.60. The summed E-state index contributed by atoms with van der Waals surface area (Å²) in [6, 6.07) is 0. The lowest BCUT2D eigenvalue weighted by Crippen LogP contribution is -2.50. The Hall–Kier alpha value is 0.280. The van der Waals surface area contributed by atoms with Gasteiger partial charge in [-0.05, 0) is 18.6 Å². The molecule has 0 bridgehead atoms. The van der Waals surface area contributed by atoms with Crippen molar-refractivity contribution in [2.75, 3.05) is 13.2 Å². The quantitative estimate of drug-likeness (QED) is 0.253. The maximum Gasteiger partial charge on any atom is 0.620 e. The first-order valence-electron chi connectivity index (χ1n) is 3.89. The summed E-state index contributed by atoms with van der Waals surface area (Å²) >= 11 is 0. The van der Waals surface area contributed by atoms with Gasteiger partial charge in [0.05, 0.1) is 10.9 Å². The van der Waals surface area contributed by atoms with E-state index in [4.69, 9.17) is 24.5 Å². The number of quaternary nitrogens is 1. The van der Waals surface area contributed by atoms with Gasteiger partial charge in [0.1, 0.15) is 6.61 Å². The molecule has 0 heterocycles. The third-order valence-corrected chi connectivity index (χ3v) is 3.50. The molecule has 0 atom stereocenters. The molecule has 0 aliphatic carbocycles. The zero-order valence-corrected chi connectivity index (χ0v) is 9.93. The van der Waals surface area contributed by atoms with Crippen molar-refractivity contribution in [3.8, 4) is 0 Å². The molecule has 0 unspecified atom stereocenters. The van der Waals surface area contributed by atoms with Crippen LogP contribution in [0.2, 0.25) is 0 Å². The third-order valence-electron chi connectivity index (χ3n) is 1.28. The van der Waals surface area contributed by atoms with Crippen LogP contribution in [0.5, 0.6) is 0 Å². The van der Waals surface area contributed by atoms with Gasteiger partial charge in [0.2, 0.25) is 0 Å². The lowest BCUT2D eigenvalue weighted by molar-refractivity contribution is -0.355. The highest BCUT2D eigenvalue weighted by Gasteiger charge is 2.57. The van der Waals surface area contributed by atoms with Gasteiger partial charge in [0, 0.05) is 0 Å². The molecule has 0 aliphatic rings. The monoisotopic (exact) mass is 264 g/mol. The molecule has 8 N–H and O–H groups in total. The van der Waals surface area contributed by atoms with Crippen LogP contribution in [-0.4, -0.2) is 37.6 Å². The Bertz CT molecular complexity index is 226. The van der Waals surface area contributed by atoms with E-state index in [-0.39, 0.29) is 6.61 Å². The average Bonchev–Trinajstić information content (AvgIpc) is 1.98. The molecule has 0 rings (SSSR count). The van der Waals surface area contributed by atoms with Crippen molar-refractivity contribution in [2.45, 2.75) is 6.92 Å². The highest BCUT2D eigenvalue weighted by molar-refractivity contribution is 7.67. The van der Waals surface area contributed by atoms with E-state index in [0.29, 0.717) is 6.54 Å². The minimum Gasteiger partial charge on any atom is -0.354 e. The third kappa shape index (κ3) is 9.22. The maximum atomic E-state index is 8.96. The average molecular weight is 264 g/mol. The van der Waals surface area contributed by atoms with Gasteiger partial charge in [-0.2, -0.15) is 24.5 Å². The predicted octanol–water partition coefficient (Wildman–Crippen LogP) is -1.48. The van der Waals surface area contributed by atoms with E-state index in [1.807, 2.05) is 0 Å². The molecule has 0 aromatic rings. The SMILES string of the molecule is C/C(=C\CO[P+](O)(O)O[P+](O)(O)O)C[NH3+]. The van der Waals surface area contributed by atoms with Gasteiger partial charge in [-0.25, -0.2) is 0 Å². The largest absolute Gasteiger partial charge is 0.620 e. The molecule has 0 aromatic carbocycles.